The predicted octanol–water partition coefficient (Wildman–Crippen LogP) is 3.93. The molecule has 0 saturated carbocycles. The number of hydrogen-bond acceptors (Lipinski definition) is 4. The topological polar surface area (TPSA) is 60.0 Å². The average molecular weight is 388 g/mol. The number of benzene rings is 2. The highest BCUT2D eigenvalue weighted by Crippen LogP contribution is 2.21. The molecule has 1 fully saturated rings. The van der Waals surface area contributed by atoms with E-state index >= 15 is 0 Å². The maximum Gasteiger partial charge on any atom is 0.321 e. The molecule has 0 radical (unpaired) electrons. The molecule has 6 nitrogen and oxygen atoms in total. The quantitative estimate of drug-likeness (QED) is 0.731. The second-order valence-corrected chi connectivity index (χ2v) is 6.56. The summed E-state index contributed by atoms with van der Waals surface area (Å²) >= 11 is 0. The van der Waals surface area contributed by atoms with Crippen molar-refractivity contribution in [3.63, 3.8) is 0 Å². The van der Waals surface area contributed by atoms with Crippen LogP contribution in [0.15, 0.2) is 48.5 Å². The lowest BCUT2D eigenvalue weighted by atomic mass is 10.1. The van der Waals surface area contributed by atoms with Gasteiger partial charge in [-0.25, -0.2) is 9.18 Å². The van der Waals surface area contributed by atoms with Crippen molar-refractivity contribution in [2.75, 3.05) is 38.7 Å². The van der Waals surface area contributed by atoms with Crippen molar-refractivity contribution in [2.24, 2.45) is 0 Å². The van der Waals surface area contributed by atoms with Gasteiger partial charge in [0.05, 0.1) is 6.61 Å². The summed E-state index contributed by atoms with van der Waals surface area (Å²) in [7, 11) is 1.62. The van der Waals surface area contributed by atoms with E-state index in [-0.39, 0.29) is 18.0 Å². The Kier molecular flexibility index (Phi) is 7.08. The second kappa shape index (κ2) is 9.94. The number of anilines is 1. The predicted molar refractivity (Wildman–Crippen MR) is 104 cm³/mol. The summed E-state index contributed by atoms with van der Waals surface area (Å²) in [6.45, 7) is 2.16. The summed E-state index contributed by atoms with van der Waals surface area (Å²) in [5.41, 5.74) is 0.685. The van der Waals surface area contributed by atoms with E-state index in [1.165, 1.54) is 12.1 Å². The first kappa shape index (κ1) is 19.9. The Bertz CT molecular complexity index is 761. The maximum atomic E-state index is 13.0. The number of carbonyl (C=O) groups excluding carboxylic acids is 1. The standard InChI is InChI=1S/C21H25FN2O4/c1-26-13-14-27-20-4-2-3-17(15-20)23-21(25)24-11-9-19(10-12-24)28-18-7-5-16(22)6-8-18/h2-8,15,19H,9-14H2,1H3,(H,23,25). The highest BCUT2D eigenvalue weighted by atomic mass is 19.1. The third kappa shape index (κ3) is 5.85. The smallest absolute Gasteiger partial charge is 0.321 e. The lowest BCUT2D eigenvalue weighted by molar-refractivity contribution is 0.115. The number of ether oxygens (including phenoxy) is 3. The second-order valence-electron chi connectivity index (χ2n) is 6.56. The van der Waals surface area contributed by atoms with Crippen LogP contribution in [-0.4, -0.2) is 50.4 Å². The summed E-state index contributed by atoms with van der Waals surface area (Å²) in [5.74, 6) is 1.04. The number of rotatable bonds is 7. The van der Waals surface area contributed by atoms with Crippen molar-refractivity contribution in [3.05, 3.63) is 54.3 Å². The Labute approximate surface area is 164 Å². The van der Waals surface area contributed by atoms with Gasteiger partial charge in [0, 0.05) is 44.8 Å². The zero-order valence-corrected chi connectivity index (χ0v) is 15.9. The van der Waals surface area contributed by atoms with Gasteiger partial charge in [0.2, 0.25) is 0 Å². The van der Waals surface area contributed by atoms with Crippen molar-refractivity contribution in [1.82, 2.24) is 4.90 Å². The Morgan fingerprint density at radius 1 is 1.11 bits per heavy atom. The normalized spacial score (nSPS) is 14.6. The molecule has 2 aromatic rings. The Hall–Kier alpha value is -2.80. The molecule has 0 atom stereocenters. The molecule has 2 amide bonds. The van der Waals surface area contributed by atoms with Crippen molar-refractivity contribution in [3.8, 4) is 11.5 Å². The molecule has 1 heterocycles. The number of halogens is 1. The van der Waals surface area contributed by atoms with Crippen LogP contribution in [-0.2, 0) is 4.74 Å². The summed E-state index contributed by atoms with van der Waals surface area (Å²) in [6.07, 6.45) is 1.47. The number of amides is 2. The van der Waals surface area contributed by atoms with E-state index < -0.39 is 0 Å². The van der Waals surface area contributed by atoms with E-state index in [0.717, 1.165) is 12.8 Å². The van der Waals surface area contributed by atoms with Crippen LogP contribution in [0.5, 0.6) is 11.5 Å². The fourth-order valence-corrected chi connectivity index (χ4v) is 2.99. The van der Waals surface area contributed by atoms with Gasteiger partial charge in [-0.15, -0.1) is 0 Å². The van der Waals surface area contributed by atoms with Crippen molar-refractivity contribution < 1.29 is 23.4 Å². The number of hydrogen-bond donors (Lipinski definition) is 1. The molecule has 0 aliphatic carbocycles. The first-order chi connectivity index (χ1) is 13.6. The fourth-order valence-electron chi connectivity index (χ4n) is 2.99. The van der Waals surface area contributed by atoms with Crippen LogP contribution >= 0.6 is 0 Å². The highest BCUT2D eigenvalue weighted by Gasteiger charge is 2.24. The third-order valence-corrected chi connectivity index (χ3v) is 4.49. The minimum atomic E-state index is -0.285. The number of nitrogens with zero attached hydrogens (tertiary/aromatic N) is 1. The molecule has 0 aromatic heterocycles. The minimum absolute atomic E-state index is 0.0204. The maximum absolute atomic E-state index is 13.0. The van der Waals surface area contributed by atoms with E-state index in [0.29, 0.717) is 43.5 Å². The van der Waals surface area contributed by atoms with Crippen LogP contribution in [0, 0.1) is 5.82 Å². The lowest BCUT2D eigenvalue weighted by Gasteiger charge is -2.32. The molecule has 1 N–H and O–H groups in total. The van der Waals surface area contributed by atoms with Gasteiger partial charge in [-0.05, 0) is 36.4 Å². The van der Waals surface area contributed by atoms with Crippen LogP contribution < -0.4 is 14.8 Å². The van der Waals surface area contributed by atoms with Gasteiger partial charge in [-0.2, -0.15) is 0 Å². The van der Waals surface area contributed by atoms with Crippen LogP contribution in [0.2, 0.25) is 0 Å². The summed E-state index contributed by atoms with van der Waals surface area (Å²) < 4.78 is 29.4. The zero-order valence-electron chi connectivity index (χ0n) is 15.9. The molecule has 7 heteroatoms. The largest absolute Gasteiger partial charge is 0.491 e. The van der Waals surface area contributed by atoms with Crippen molar-refractivity contribution >= 4 is 11.7 Å². The fraction of sp³-hybridized carbons (Fsp3) is 0.381. The monoisotopic (exact) mass is 388 g/mol. The van der Waals surface area contributed by atoms with Gasteiger partial charge in [-0.3, -0.25) is 0 Å². The molecule has 0 bridgehead atoms. The van der Waals surface area contributed by atoms with Gasteiger partial charge >= 0.3 is 6.03 Å². The van der Waals surface area contributed by atoms with Crippen molar-refractivity contribution in [1.29, 1.82) is 0 Å². The molecular formula is C21H25FN2O4. The van der Waals surface area contributed by atoms with Crippen molar-refractivity contribution in [2.45, 2.75) is 18.9 Å². The molecule has 0 spiro atoms. The van der Waals surface area contributed by atoms with Gasteiger partial charge in [0.15, 0.2) is 0 Å². The average Bonchev–Trinajstić information content (AvgIpc) is 2.71. The molecule has 2 aromatic carbocycles. The number of likely N-dealkylation sites (tertiary alicyclic amines) is 1. The molecule has 1 aliphatic heterocycles. The summed E-state index contributed by atoms with van der Waals surface area (Å²) in [5, 5.41) is 2.91. The molecule has 0 unspecified atom stereocenters. The summed E-state index contributed by atoms with van der Waals surface area (Å²) in [4.78, 5) is 14.3. The van der Waals surface area contributed by atoms with E-state index in [4.69, 9.17) is 14.2 Å². The number of piperidine rings is 1. The molecule has 28 heavy (non-hydrogen) atoms. The molecule has 1 aliphatic rings. The SMILES string of the molecule is COCCOc1cccc(NC(=O)N2CCC(Oc3ccc(F)cc3)CC2)c1. The molecule has 3 rings (SSSR count). The van der Waals surface area contributed by atoms with E-state index in [2.05, 4.69) is 5.32 Å². The van der Waals surface area contributed by atoms with E-state index in [9.17, 15) is 9.18 Å². The third-order valence-electron chi connectivity index (χ3n) is 4.49. The van der Waals surface area contributed by atoms with Crippen LogP contribution in [0.4, 0.5) is 14.9 Å². The zero-order chi connectivity index (χ0) is 19.8. The first-order valence-corrected chi connectivity index (χ1v) is 9.34. The molecule has 1 saturated heterocycles. The van der Waals surface area contributed by atoms with Gasteiger partial charge in [-0.1, -0.05) is 6.07 Å². The number of methoxy groups -OCH3 is 1. The lowest BCUT2D eigenvalue weighted by Crippen LogP contribution is -2.43. The van der Waals surface area contributed by atoms with Gasteiger partial charge < -0.3 is 24.4 Å². The number of nitrogens with one attached hydrogen (secondary N) is 1. The van der Waals surface area contributed by atoms with E-state index in [1.54, 1.807) is 30.2 Å². The number of carbonyl (C=O) groups is 1. The summed E-state index contributed by atoms with van der Waals surface area (Å²) in [6, 6.07) is 13.1. The van der Waals surface area contributed by atoms with Crippen LogP contribution in [0.3, 0.4) is 0 Å². The van der Waals surface area contributed by atoms with Gasteiger partial charge in [0.1, 0.15) is 30.0 Å². The number of urea groups is 1. The van der Waals surface area contributed by atoms with Crippen LogP contribution in [0.1, 0.15) is 12.8 Å². The Balaban J connectivity index is 1.46. The van der Waals surface area contributed by atoms with Gasteiger partial charge in [0.25, 0.3) is 0 Å². The molecular weight excluding hydrogens is 363 g/mol. The van der Waals surface area contributed by atoms with Crippen LogP contribution in [0.25, 0.3) is 0 Å². The Morgan fingerprint density at radius 2 is 1.86 bits per heavy atom. The highest BCUT2D eigenvalue weighted by molar-refractivity contribution is 5.89. The first-order valence-electron chi connectivity index (χ1n) is 9.34. The van der Waals surface area contributed by atoms with E-state index in [1.807, 2.05) is 18.2 Å². The molecule has 150 valence electrons. The Morgan fingerprint density at radius 3 is 2.57 bits per heavy atom. The minimum Gasteiger partial charge on any atom is -0.491 e.